The van der Waals surface area contributed by atoms with Crippen molar-refractivity contribution in [2.45, 2.75) is 32.0 Å². The maximum absolute atomic E-state index is 12.5. The van der Waals surface area contributed by atoms with Crippen LogP contribution in [0, 0.1) is 0 Å². The van der Waals surface area contributed by atoms with Gasteiger partial charge < -0.3 is 10.1 Å². The molecule has 0 heterocycles. The zero-order chi connectivity index (χ0) is 14.5. The molecule has 0 bridgehead atoms. The largest absolute Gasteiger partial charge is 0.496 e. The topological polar surface area (TPSA) is 21.3 Å². The molecule has 0 aliphatic heterocycles. The molecule has 0 aromatic heterocycles. The van der Waals surface area contributed by atoms with E-state index in [1.165, 1.54) is 7.11 Å². The molecule has 6 heteroatoms. The van der Waals surface area contributed by atoms with Crippen molar-refractivity contribution in [1.29, 1.82) is 0 Å². The van der Waals surface area contributed by atoms with E-state index in [0.29, 0.717) is 22.9 Å². The van der Waals surface area contributed by atoms with Gasteiger partial charge in [-0.15, -0.1) is 0 Å². The third-order valence-corrected chi connectivity index (χ3v) is 2.91. The molecule has 0 aliphatic carbocycles. The molecular formula is C13H17ClF3NO. The predicted molar refractivity (Wildman–Crippen MR) is 69.8 cm³/mol. The number of alkyl halides is 3. The van der Waals surface area contributed by atoms with Crippen LogP contribution in [0.5, 0.6) is 5.75 Å². The number of halogens is 4. The van der Waals surface area contributed by atoms with Crippen molar-refractivity contribution >= 4 is 11.6 Å². The van der Waals surface area contributed by atoms with Gasteiger partial charge in [0.2, 0.25) is 0 Å². The lowest BCUT2D eigenvalue weighted by Gasteiger charge is -2.20. The Labute approximate surface area is 115 Å². The summed E-state index contributed by atoms with van der Waals surface area (Å²) in [5, 5.41) is 3.32. The molecule has 0 saturated heterocycles. The zero-order valence-electron chi connectivity index (χ0n) is 10.9. The molecule has 1 aromatic rings. The summed E-state index contributed by atoms with van der Waals surface area (Å²) in [6, 6.07) is 4.27. The molecule has 1 aromatic carbocycles. The fraction of sp³-hybridized carbons (Fsp3) is 0.538. The standard InChI is InChI=1S/C13H17ClF3NO/c1-3-18-11(8-13(15,16)17)7-9-6-10(14)4-5-12(9)19-2/h4-6,11,18H,3,7-8H2,1-2H3. The summed E-state index contributed by atoms with van der Waals surface area (Å²) < 4.78 is 42.6. The minimum atomic E-state index is -4.20. The van der Waals surface area contributed by atoms with Crippen LogP contribution >= 0.6 is 11.6 Å². The van der Waals surface area contributed by atoms with E-state index in [0.717, 1.165) is 0 Å². The third-order valence-electron chi connectivity index (χ3n) is 2.68. The number of methoxy groups -OCH3 is 1. The molecule has 0 fully saturated rings. The molecule has 0 aliphatic rings. The Hall–Kier alpha value is -0.940. The predicted octanol–water partition coefficient (Wildman–Crippen LogP) is 3.82. The van der Waals surface area contributed by atoms with E-state index in [2.05, 4.69) is 5.32 Å². The fourth-order valence-electron chi connectivity index (χ4n) is 1.96. The summed E-state index contributed by atoms with van der Waals surface area (Å²) in [6.45, 7) is 2.25. The monoisotopic (exact) mass is 295 g/mol. The minimum Gasteiger partial charge on any atom is -0.496 e. The minimum absolute atomic E-state index is 0.219. The molecule has 1 rings (SSSR count). The van der Waals surface area contributed by atoms with E-state index >= 15 is 0 Å². The number of hydrogen-bond acceptors (Lipinski definition) is 2. The smallest absolute Gasteiger partial charge is 0.390 e. The first kappa shape index (κ1) is 16.1. The maximum Gasteiger partial charge on any atom is 0.390 e. The summed E-state index contributed by atoms with van der Waals surface area (Å²) in [7, 11) is 1.48. The number of hydrogen-bond donors (Lipinski definition) is 1. The number of ether oxygens (including phenoxy) is 1. The van der Waals surface area contributed by atoms with Gasteiger partial charge in [0.1, 0.15) is 5.75 Å². The lowest BCUT2D eigenvalue weighted by molar-refractivity contribution is -0.139. The number of nitrogens with one attached hydrogen (secondary N) is 1. The second-order valence-corrected chi connectivity index (χ2v) is 4.67. The average Bonchev–Trinajstić information content (AvgIpc) is 2.27. The highest BCUT2D eigenvalue weighted by molar-refractivity contribution is 6.30. The summed E-state index contributed by atoms with van der Waals surface area (Å²) in [5.41, 5.74) is 0.671. The second kappa shape index (κ2) is 7.01. The van der Waals surface area contributed by atoms with Crippen molar-refractivity contribution < 1.29 is 17.9 Å². The Kier molecular flexibility index (Phi) is 5.94. The van der Waals surface area contributed by atoms with Gasteiger partial charge in [-0.2, -0.15) is 13.2 Å². The first-order chi connectivity index (χ1) is 8.85. The van der Waals surface area contributed by atoms with Crippen LogP contribution in [0.4, 0.5) is 13.2 Å². The normalized spacial score (nSPS) is 13.4. The van der Waals surface area contributed by atoms with Gasteiger partial charge in [0.25, 0.3) is 0 Å². The van der Waals surface area contributed by atoms with Crippen molar-refractivity contribution in [2.24, 2.45) is 0 Å². The highest BCUT2D eigenvalue weighted by Crippen LogP contribution is 2.27. The van der Waals surface area contributed by atoms with Crippen LogP contribution in [0.1, 0.15) is 18.9 Å². The molecule has 19 heavy (non-hydrogen) atoms. The summed E-state index contributed by atoms with van der Waals surface area (Å²) in [5.74, 6) is 0.550. The molecule has 1 N–H and O–H groups in total. The summed E-state index contributed by atoms with van der Waals surface area (Å²) >= 11 is 5.87. The molecule has 0 amide bonds. The van der Waals surface area contributed by atoms with Gasteiger partial charge in [-0.3, -0.25) is 0 Å². The maximum atomic E-state index is 12.5. The molecule has 108 valence electrons. The first-order valence-electron chi connectivity index (χ1n) is 5.98. The van der Waals surface area contributed by atoms with Crippen LogP contribution in [0.25, 0.3) is 0 Å². The lowest BCUT2D eigenvalue weighted by atomic mass is 10.0. The van der Waals surface area contributed by atoms with Crippen molar-refractivity contribution in [1.82, 2.24) is 5.32 Å². The Bertz CT molecular complexity index is 409. The molecular weight excluding hydrogens is 279 g/mol. The highest BCUT2D eigenvalue weighted by Gasteiger charge is 2.31. The first-order valence-corrected chi connectivity index (χ1v) is 6.36. The summed E-state index contributed by atoms with van der Waals surface area (Å²) in [4.78, 5) is 0. The van der Waals surface area contributed by atoms with Crippen LogP contribution in [0.2, 0.25) is 5.02 Å². The lowest BCUT2D eigenvalue weighted by Crippen LogP contribution is -2.35. The van der Waals surface area contributed by atoms with Crippen molar-refractivity contribution in [2.75, 3.05) is 13.7 Å². The van der Waals surface area contributed by atoms with Crippen LogP contribution in [0.15, 0.2) is 18.2 Å². The third kappa shape index (κ3) is 5.70. The van der Waals surface area contributed by atoms with E-state index in [-0.39, 0.29) is 6.42 Å². The summed E-state index contributed by atoms with van der Waals surface area (Å²) in [6.07, 6.45) is -4.85. The molecule has 1 atom stereocenters. The van der Waals surface area contributed by atoms with Crippen molar-refractivity contribution in [3.63, 3.8) is 0 Å². The van der Waals surface area contributed by atoms with Gasteiger partial charge >= 0.3 is 6.18 Å². The molecule has 0 radical (unpaired) electrons. The highest BCUT2D eigenvalue weighted by atomic mass is 35.5. The van der Waals surface area contributed by atoms with Crippen LogP contribution in [-0.2, 0) is 6.42 Å². The molecule has 0 saturated carbocycles. The van der Waals surface area contributed by atoms with Crippen LogP contribution < -0.4 is 10.1 Å². The van der Waals surface area contributed by atoms with Gasteiger partial charge in [-0.05, 0) is 36.7 Å². The van der Waals surface area contributed by atoms with E-state index in [1.54, 1.807) is 25.1 Å². The molecule has 0 spiro atoms. The number of benzene rings is 1. The van der Waals surface area contributed by atoms with E-state index in [1.807, 2.05) is 0 Å². The van der Waals surface area contributed by atoms with Gasteiger partial charge in [0.15, 0.2) is 0 Å². The zero-order valence-corrected chi connectivity index (χ0v) is 11.6. The average molecular weight is 296 g/mol. The van der Waals surface area contributed by atoms with Crippen molar-refractivity contribution in [3.05, 3.63) is 28.8 Å². The van der Waals surface area contributed by atoms with Crippen molar-refractivity contribution in [3.8, 4) is 5.75 Å². The Balaban J connectivity index is 2.86. The van der Waals surface area contributed by atoms with E-state index in [9.17, 15) is 13.2 Å². The van der Waals surface area contributed by atoms with Gasteiger partial charge in [0.05, 0.1) is 13.5 Å². The van der Waals surface area contributed by atoms with E-state index in [4.69, 9.17) is 16.3 Å². The van der Waals surface area contributed by atoms with Gasteiger partial charge in [-0.25, -0.2) is 0 Å². The Morgan fingerprint density at radius 2 is 2.05 bits per heavy atom. The van der Waals surface area contributed by atoms with Gasteiger partial charge in [-0.1, -0.05) is 18.5 Å². The van der Waals surface area contributed by atoms with E-state index < -0.39 is 18.6 Å². The van der Waals surface area contributed by atoms with Crippen LogP contribution in [-0.4, -0.2) is 25.9 Å². The van der Waals surface area contributed by atoms with Gasteiger partial charge in [0, 0.05) is 11.1 Å². The number of rotatable bonds is 6. The Morgan fingerprint density at radius 3 is 2.58 bits per heavy atom. The Morgan fingerprint density at radius 1 is 1.37 bits per heavy atom. The second-order valence-electron chi connectivity index (χ2n) is 4.23. The van der Waals surface area contributed by atoms with Crippen LogP contribution in [0.3, 0.4) is 0 Å². The molecule has 2 nitrogen and oxygen atoms in total. The quantitative estimate of drug-likeness (QED) is 0.861. The molecule has 1 unspecified atom stereocenters. The SMILES string of the molecule is CCNC(Cc1cc(Cl)ccc1OC)CC(F)(F)F. The fourth-order valence-corrected chi connectivity index (χ4v) is 2.15. The number of likely N-dealkylation sites (N-methyl/N-ethyl adjacent to an activating group) is 1.